The molecule has 1 aromatic rings. The highest BCUT2D eigenvalue weighted by atomic mass is 16.1. The van der Waals surface area contributed by atoms with Crippen molar-refractivity contribution in [3.8, 4) is 6.07 Å². The number of nitriles is 1. The van der Waals surface area contributed by atoms with Crippen molar-refractivity contribution in [1.29, 1.82) is 5.26 Å². The van der Waals surface area contributed by atoms with Crippen LogP contribution >= 0.6 is 0 Å². The first-order valence-corrected chi connectivity index (χ1v) is 4.24. The van der Waals surface area contributed by atoms with Crippen LogP contribution in [-0.2, 0) is 0 Å². The van der Waals surface area contributed by atoms with Crippen molar-refractivity contribution < 1.29 is 4.79 Å². The third-order valence-electron chi connectivity index (χ3n) is 1.91. The lowest BCUT2D eigenvalue weighted by molar-refractivity contribution is 0.0953. The summed E-state index contributed by atoms with van der Waals surface area (Å²) in [6, 6.07) is 5.32. The van der Waals surface area contributed by atoms with Gasteiger partial charge in [-0.2, -0.15) is 5.26 Å². The topological polar surface area (TPSA) is 65.8 Å². The maximum Gasteiger partial charge on any atom is 0.270 e. The van der Waals surface area contributed by atoms with E-state index in [4.69, 9.17) is 5.26 Å². The van der Waals surface area contributed by atoms with Crippen LogP contribution in [0.2, 0.25) is 0 Å². The standard InChI is InChI=1S/C10H11N3O/c1-7-3-4-9(13-8(7)2)10(14)12-6-5-11/h3-4H,6H2,1-2H3,(H,12,14). The van der Waals surface area contributed by atoms with Crippen LogP contribution in [0.25, 0.3) is 0 Å². The number of amides is 1. The monoisotopic (exact) mass is 189 g/mol. The fraction of sp³-hybridized carbons (Fsp3) is 0.300. The van der Waals surface area contributed by atoms with Gasteiger partial charge in [0.1, 0.15) is 12.2 Å². The molecular formula is C10H11N3O. The molecule has 1 aromatic heterocycles. The summed E-state index contributed by atoms with van der Waals surface area (Å²) >= 11 is 0. The van der Waals surface area contributed by atoms with Crippen molar-refractivity contribution in [3.63, 3.8) is 0 Å². The molecule has 0 fully saturated rings. The predicted octanol–water partition coefficient (Wildman–Crippen LogP) is 0.952. The third kappa shape index (κ3) is 2.30. The van der Waals surface area contributed by atoms with Crippen LogP contribution in [0.5, 0.6) is 0 Å². The van der Waals surface area contributed by atoms with E-state index >= 15 is 0 Å². The Labute approximate surface area is 82.6 Å². The van der Waals surface area contributed by atoms with Gasteiger partial charge in [0.2, 0.25) is 0 Å². The van der Waals surface area contributed by atoms with Crippen molar-refractivity contribution in [2.24, 2.45) is 0 Å². The number of pyridine rings is 1. The van der Waals surface area contributed by atoms with Gasteiger partial charge in [-0.3, -0.25) is 4.79 Å². The number of aromatic nitrogens is 1. The van der Waals surface area contributed by atoms with Crippen LogP contribution in [-0.4, -0.2) is 17.4 Å². The summed E-state index contributed by atoms with van der Waals surface area (Å²) in [4.78, 5) is 15.4. The van der Waals surface area contributed by atoms with Gasteiger partial charge in [0.05, 0.1) is 6.07 Å². The minimum atomic E-state index is -0.311. The van der Waals surface area contributed by atoms with E-state index in [1.807, 2.05) is 26.0 Å². The Morgan fingerprint density at radius 2 is 2.29 bits per heavy atom. The number of rotatable bonds is 2. The van der Waals surface area contributed by atoms with Crippen LogP contribution in [0.3, 0.4) is 0 Å². The molecule has 72 valence electrons. The molecule has 0 unspecified atom stereocenters. The maximum atomic E-state index is 11.3. The van der Waals surface area contributed by atoms with E-state index in [0.29, 0.717) is 5.69 Å². The summed E-state index contributed by atoms with van der Waals surface area (Å²) in [6.07, 6.45) is 0. The second-order valence-electron chi connectivity index (χ2n) is 2.94. The minimum Gasteiger partial charge on any atom is -0.338 e. The van der Waals surface area contributed by atoms with E-state index in [2.05, 4.69) is 10.3 Å². The zero-order chi connectivity index (χ0) is 10.6. The second kappa shape index (κ2) is 4.38. The average molecular weight is 189 g/mol. The lowest BCUT2D eigenvalue weighted by Gasteiger charge is -2.03. The minimum absolute atomic E-state index is 0.00738. The average Bonchev–Trinajstić information content (AvgIpc) is 2.18. The zero-order valence-corrected chi connectivity index (χ0v) is 8.16. The van der Waals surface area contributed by atoms with E-state index in [-0.39, 0.29) is 12.5 Å². The molecule has 14 heavy (non-hydrogen) atoms. The molecule has 0 aromatic carbocycles. The van der Waals surface area contributed by atoms with Crippen molar-refractivity contribution >= 4 is 5.91 Å². The highest BCUT2D eigenvalue weighted by molar-refractivity contribution is 5.92. The molecule has 0 radical (unpaired) electrons. The molecule has 4 heteroatoms. The summed E-state index contributed by atoms with van der Waals surface area (Å²) in [5, 5.41) is 10.7. The molecule has 0 saturated heterocycles. The molecule has 4 nitrogen and oxygen atoms in total. The number of carbonyl (C=O) groups is 1. The molecule has 1 heterocycles. The lowest BCUT2D eigenvalue weighted by atomic mass is 10.2. The second-order valence-corrected chi connectivity index (χ2v) is 2.94. The van der Waals surface area contributed by atoms with E-state index in [9.17, 15) is 4.79 Å². The Kier molecular flexibility index (Phi) is 3.19. The molecule has 1 amide bonds. The molecule has 0 saturated carbocycles. The quantitative estimate of drug-likeness (QED) is 0.704. The maximum absolute atomic E-state index is 11.3. The fourth-order valence-corrected chi connectivity index (χ4v) is 0.967. The van der Waals surface area contributed by atoms with E-state index in [1.165, 1.54) is 0 Å². The normalized spacial score (nSPS) is 9.21. The molecule has 0 aliphatic carbocycles. The van der Waals surface area contributed by atoms with Gasteiger partial charge in [-0.1, -0.05) is 6.07 Å². The lowest BCUT2D eigenvalue weighted by Crippen LogP contribution is -2.24. The summed E-state index contributed by atoms with van der Waals surface area (Å²) in [7, 11) is 0. The number of aryl methyl sites for hydroxylation is 2. The molecule has 0 bridgehead atoms. The molecule has 0 aliphatic rings. The van der Waals surface area contributed by atoms with Crippen LogP contribution in [0.1, 0.15) is 21.7 Å². The van der Waals surface area contributed by atoms with Crippen molar-refractivity contribution in [1.82, 2.24) is 10.3 Å². The first kappa shape index (κ1) is 10.2. The van der Waals surface area contributed by atoms with Gasteiger partial charge in [-0.15, -0.1) is 0 Å². The number of nitrogens with one attached hydrogen (secondary N) is 1. The summed E-state index contributed by atoms with van der Waals surface area (Å²) in [5.74, 6) is -0.311. The summed E-state index contributed by atoms with van der Waals surface area (Å²) in [6.45, 7) is 3.78. The number of hydrogen-bond donors (Lipinski definition) is 1. The predicted molar refractivity (Wildman–Crippen MR) is 51.7 cm³/mol. The van der Waals surface area contributed by atoms with Gasteiger partial charge in [0.25, 0.3) is 5.91 Å². The van der Waals surface area contributed by atoms with Crippen LogP contribution in [0, 0.1) is 25.2 Å². The van der Waals surface area contributed by atoms with Crippen molar-refractivity contribution in [2.75, 3.05) is 6.54 Å². The Balaban J connectivity index is 2.82. The zero-order valence-electron chi connectivity index (χ0n) is 8.16. The number of carbonyl (C=O) groups excluding carboxylic acids is 1. The Hall–Kier alpha value is -1.89. The van der Waals surface area contributed by atoms with Crippen molar-refractivity contribution in [2.45, 2.75) is 13.8 Å². The van der Waals surface area contributed by atoms with Gasteiger partial charge in [-0.05, 0) is 25.5 Å². The van der Waals surface area contributed by atoms with Gasteiger partial charge < -0.3 is 5.32 Å². The Morgan fingerprint density at radius 3 is 2.86 bits per heavy atom. The molecule has 1 rings (SSSR count). The molecular weight excluding hydrogens is 178 g/mol. The van der Waals surface area contributed by atoms with E-state index < -0.39 is 0 Å². The molecule has 0 aliphatic heterocycles. The highest BCUT2D eigenvalue weighted by Gasteiger charge is 2.06. The Morgan fingerprint density at radius 1 is 1.57 bits per heavy atom. The van der Waals surface area contributed by atoms with Gasteiger partial charge in [0.15, 0.2) is 0 Å². The van der Waals surface area contributed by atoms with E-state index in [1.54, 1.807) is 6.07 Å². The van der Waals surface area contributed by atoms with Gasteiger partial charge >= 0.3 is 0 Å². The fourth-order valence-electron chi connectivity index (χ4n) is 0.967. The van der Waals surface area contributed by atoms with Gasteiger partial charge in [0, 0.05) is 5.69 Å². The largest absolute Gasteiger partial charge is 0.338 e. The van der Waals surface area contributed by atoms with E-state index in [0.717, 1.165) is 11.3 Å². The molecule has 0 atom stereocenters. The molecule has 0 spiro atoms. The Bertz CT molecular complexity index is 393. The highest BCUT2D eigenvalue weighted by Crippen LogP contribution is 2.04. The van der Waals surface area contributed by atoms with Crippen LogP contribution in [0.4, 0.5) is 0 Å². The summed E-state index contributed by atoms with van der Waals surface area (Å²) < 4.78 is 0. The first-order chi connectivity index (χ1) is 6.65. The third-order valence-corrected chi connectivity index (χ3v) is 1.91. The SMILES string of the molecule is Cc1ccc(C(=O)NCC#N)nc1C. The number of hydrogen-bond acceptors (Lipinski definition) is 3. The van der Waals surface area contributed by atoms with Crippen LogP contribution in [0.15, 0.2) is 12.1 Å². The van der Waals surface area contributed by atoms with Crippen molar-refractivity contribution in [3.05, 3.63) is 29.1 Å². The van der Waals surface area contributed by atoms with Gasteiger partial charge in [-0.25, -0.2) is 4.98 Å². The number of nitrogens with zero attached hydrogens (tertiary/aromatic N) is 2. The smallest absolute Gasteiger partial charge is 0.270 e. The van der Waals surface area contributed by atoms with Crippen LogP contribution < -0.4 is 5.32 Å². The molecule has 1 N–H and O–H groups in total. The summed E-state index contributed by atoms with van der Waals surface area (Å²) in [5.41, 5.74) is 2.22. The first-order valence-electron chi connectivity index (χ1n) is 4.24.